The van der Waals surface area contributed by atoms with Crippen molar-refractivity contribution in [3.63, 3.8) is 0 Å². The largest absolute Gasteiger partial charge is 0.573 e. The zero-order valence-corrected chi connectivity index (χ0v) is 13.5. The van der Waals surface area contributed by atoms with Crippen molar-refractivity contribution in [2.24, 2.45) is 5.73 Å². The molecule has 9 heteroatoms. The zero-order valence-electron chi connectivity index (χ0n) is 12.7. The first-order valence-corrected chi connectivity index (χ1v) is 7.31. The molecule has 2 aromatic rings. The van der Waals surface area contributed by atoms with Crippen LogP contribution >= 0.6 is 12.4 Å². The molecule has 0 spiro atoms. The summed E-state index contributed by atoms with van der Waals surface area (Å²) in [5, 5.41) is 3.92. The molecule has 1 saturated carbocycles. The average Bonchev–Trinajstić information content (AvgIpc) is 2.91. The lowest BCUT2D eigenvalue weighted by Crippen LogP contribution is -2.44. The van der Waals surface area contributed by atoms with Gasteiger partial charge in [0.25, 0.3) is 0 Å². The maximum absolute atomic E-state index is 12.1. The third kappa shape index (κ3) is 4.39. The molecular formula is C15H17ClF3N3O2. The van der Waals surface area contributed by atoms with Gasteiger partial charge in [-0.2, -0.15) is 4.98 Å². The Bertz CT molecular complexity index is 669. The molecule has 1 heterocycles. The van der Waals surface area contributed by atoms with Gasteiger partial charge in [-0.05, 0) is 43.4 Å². The summed E-state index contributed by atoms with van der Waals surface area (Å²) in [6.07, 6.45) is -0.832. The Morgan fingerprint density at radius 2 is 1.83 bits per heavy atom. The van der Waals surface area contributed by atoms with Crippen molar-refractivity contribution in [1.82, 2.24) is 10.1 Å². The third-order valence-electron chi connectivity index (χ3n) is 3.94. The minimum absolute atomic E-state index is 0. The number of hydrogen-bond donors (Lipinski definition) is 1. The van der Waals surface area contributed by atoms with Crippen LogP contribution in [0.5, 0.6) is 5.75 Å². The van der Waals surface area contributed by atoms with E-state index in [2.05, 4.69) is 14.9 Å². The van der Waals surface area contributed by atoms with E-state index in [1.807, 2.05) is 0 Å². The summed E-state index contributed by atoms with van der Waals surface area (Å²) in [5.41, 5.74) is 6.51. The second-order valence-electron chi connectivity index (χ2n) is 5.71. The number of nitrogens with zero attached hydrogens (tertiary/aromatic N) is 2. The molecule has 2 N–H and O–H groups in total. The van der Waals surface area contributed by atoms with E-state index >= 15 is 0 Å². The molecule has 0 saturated heterocycles. The maximum atomic E-state index is 12.1. The van der Waals surface area contributed by atoms with Gasteiger partial charge in [0.15, 0.2) is 5.82 Å². The number of halogens is 4. The summed E-state index contributed by atoms with van der Waals surface area (Å²) in [6.45, 7) is 0. The number of alkyl halides is 3. The fourth-order valence-corrected chi connectivity index (χ4v) is 2.45. The van der Waals surface area contributed by atoms with Crippen LogP contribution in [0, 0.1) is 0 Å². The van der Waals surface area contributed by atoms with Crippen molar-refractivity contribution >= 4 is 12.4 Å². The normalized spacial score (nSPS) is 16.2. The van der Waals surface area contributed by atoms with Crippen LogP contribution in [0.15, 0.2) is 28.8 Å². The molecule has 0 amide bonds. The quantitative estimate of drug-likeness (QED) is 0.879. The molecule has 0 aliphatic heterocycles. The van der Waals surface area contributed by atoms with Gasteiger partial charge >= 0.3 is 6.36 Å². The molecule has 1 aromatic carbocycles. The molecule has 3 rings (SSSR count). The van der Waals surface area contributed by atoms with Gasteiger partial charge in [-0.15, -0.1) is 25.6 Å². The lowest BCUT2D eigenvalue weighted by Gasteiger charge is -2.34. The van der Waals surface area contributed by atoms with Crippen molar-refractivity contribution in [2.45, 2.75) is 44.0 Å². The van der Waals surface area contributed by atoms with E-state index in [1.54, 1.807) is 12.1 Å². The Morgan fingerprint density at radius 1 is 1.17 bits per heavy atom. The van der Waals surface area contributed by atoms with E-state index in [9.17, 15) is 13.2 Å². The van der Waals surface area contributed by atoms with Crippen LogP contribution in [0.25, 0.3) is 0 Å². The van der Waals surface area contributed by atoms with Gasteiger partial charge in [0.2, 0.25) is 5.89 Å². The number of benzene rings is 1. The SMILES string of the molecule is Cl.NC1(c2noc(CCc3ccc(OC(F)(F)F)cc3)n2)CCC1. The van der Waals surface area contributed by atoms with Gasteiger partial charge in [0, 0.05) is 6.42 Å². The summed E-state index contributed by atoms with van der Waals surface area (Å²) in [5.74, 6) is 0.774. The first-order valence-electron chi connectivity index (χ1n) is 7.31. The van der Waals surface area contributed by atoms with Gasteiger partial charge in [-0.1, -0.05) is 17.3 Å². The highest BCUT2D eigenvalue weighted by Crippen LogP contribution is 2.36. The molecule has 1 aliphatic rings. The number of aryl methyl sites for hydroxylation is 2. The first kappa shape index (κ1) is 18.5. The van der Waals surface area contributed by atoms with E-state index < -0.39 is 11.9 Å². The number of nitrogens with two attached hydrogens (primary N) is 1. The van der Waals surface area contributed by atoms with Crippen molar-refractivity contribution in [2.75, 3.05) is 0 Å². The Kier molecular flexibility index (Phi) is 5.39. The minimum atomic E-state index is -4.68. The van der Waals surface area contributed by atoms with Crippen LogP contribution in [-0.2, 0) is 18.4 Å². The fourth-order valence-electron chi connectivity index (χ4n) is 2.45. The van der Waals surface area contributed by atoms with Gasteiger partial charge in [-0.3, -0.25) is 0 Å². The topological polar surface area (TPSA) is 74.2 Å². The van der Waals surface area contributed by atoms with Crippen molar-refractivity contribution in [3.8, 4) is 5.75 Å². The van der Waals surface area contributed by atoms with Gasteiger partial charge < -0.3 is 15.0 Å². The van der Waals surface area contributed by atoms with E-state index in [4.69, 9.17) is 10.3 Å². The molecule has 0 atom stereocenters. The predicted octanol–water partition coefficient (Wildman–Crippen LogP) is 3.51. The summed E-state index contributed by atoms with van der Waals surface area (Å²) in [7, 11) is 0. The van der Waals surface area contributed by atoms with Gasteiger partial charge in [0.1, 0.15) is 5.75 Å². The maximum Gasteiger partial charge on any atom is 0.573 e. The Labute approximate surface area is 142 Å². The van der Waals surface area contributed by atoms with E-state index in [0.717, 1.165) is 24.8 Å². The monoisotopic (exact) mass is 363 g/mol. The second kappa shape index (κ2) is 6.98. The number of rotatable bonds is 5. The molecule has 1 aliphatic carbocycles. The van der Waals surface area contributed by atoms with Crippen LogP contribution in [0.4, 0.5) is 13.2 Å². The Hall–Kier alpha value is -1.80. The van der Waals surface area contributed by atoms with E-state index in [-0.39, 0.29) is 18.2 Å². The van der Waals surface area contributed by atoms with Gasteiger partial charge in [-0.25, -0.2) is 0 Å². The van der Waals surface area contributed by atoms with E-state index in [0.29, 0.717) is 24.6 Å². The predicted molar refractivity (Wildman–Crippen MR) is 81.8 cm³/mol. The Balaban J connectivity index is 0.00000208. The molecule has 132 valence electrons. The standard InChI is InChI=1S/C15H16F3N3O2.ClH/c16-15(17,18)22-11-5-2-10(3-6-11)4-7-12-20-13(21-23-12)14(19)8-1-9-14;/h2-3,5-6H,1,4,7-9,19H2;1H. The fraction of sp³-hybridized carbons (Fsp3) is 0.467. The van der Waals surface area contributed by atoms with Crippen LogP contribution in [0.3, 0.4) is 0 Å². The van der Waals surface area contributed by atoms with Crippen molar-refractivity contribution in [3.05, 3.63) is 41.5 Å². The number of hydrogen-bond acceptors (Lipinski definition) is 5. The number of aromatic nitrogens is 2. The van der Waals surface area contributed by atoms with Crippen LogP contribution in [-0.4, -0.2) is 16.5 Å². The molecule has 5 nitrogen and oxygen atoms in total. The summed E-state index contributed by atoms with van der Waals surface area (Å²) >= 11 is 0. The smallest absolute Gasteiger partial charge is 0.406 e. The van der Waals surface area contributed by atoms with Crippen LogP contribution < -0.4 is 10.5 Å². The second-order valence-corrected chi connectivity index (χ2v) is 5.71. The first-order chi connectivity index (χ1) is 10.8. The van der Waals surface area contributed by atoms with Crippen LogP contribution in [0.1, 0.15) is 36.5 Å². The highest BCUT2D eigenvalue weighted by atomic mass is 35.5. The molecule has 1 fully saturated rings. The molecule has 0 bridgehead atoms. The summed E-state index contributed by atoms with van der Waals surface area (Å²) in [6, 6.07) is 5.72. The molecule has 1 aromatic heterocycles. The third-order valence-corrected chi connectivity index (χ3v) is 3.94. The van der Waals surface area contributed by atoms with Crippen molar-refractivity contribution in [1.29, 1.82) is 0 Å². The minimum Gasteiger partial charge on any atom is -0.406 e. The molecule has 0 unspecified atom stereocenters. The van der Waals surface area contributed by atoms with E-state index in [1.165, 1.54) is 12.1 Å². The highest BCUT2D eigenvalue weighted by Gasteiger charge is 2.38. The number of ether oxygens (including phenoxy) is 1. The highest BCUT2D eigenvalue weighted by molar-refractivity contribution is 5.85. The molecule has 24 heavy (non-hydrogen) atoms. The van der Waals surface area contributed by atoms with Gasteiger partial charge in [0.05, 0.1) is 5.54 Å². The summed E-state index contributed by atoms with van der Waals surface area (Å²) in [4.78, 5) is 4.31. The molecule has 0 radical (unpaired) electrons. The average molecular weight is 364 g/mol. The van der Waals surface area contributed by atoms with Crippen molar-refractivity contribution < 1.29 is 22.4 Å². The zero-order chi connectivity index (χ0) is 16.5. The lowest BCUT2D eigenvalue weighted by atomic mass is 9.77. The lowest BCUT2D eigenvalue weighted by molar-refractivity contribution is -0.274. The summed E-state index contributed by atoms with van der Waals surface area (Å²) < 4.78 is 45.3. The Morgan fingerprint density at radius 3 is 2.38 bits per heavy atom. The van der Waals surface area contributed by atoms with Crippen LogP contribution in [0.2, 0.25) is 0 Å². The molecular weight excluding hydrogens is 347 g/mol.